The second-order valence-electron chi connectivity index (χ2n) is 5.84. The van der Waals surface area contributed by atoms with E-state index in [9.17, 15) is 8.78 Å². The van der Waals surface area contributed by atoms with Crippen LogP contribution in [0.25, 0.3) is 0 Å². The van der Waals surface area contributed by atoms with Gasteiger partial charge in [-0.1, -0.05) is 0 Å². The fourth-order valence-corrected chi connectivity index (χ4v) is 2.85. The van der Waals surface area contributed by atoms with Crippen molar-refractivity contribution >= 4 is 5.69 Å². The molecule has 4 nitrogen and oxygen atoms in total. The largest absolute Gasteiger partial charge is 0.395 e. The Bertz CT molecular complexity index is 546. The van der Waals surface area contributed by atoms with E-state index in [-0.39, 0.29) is 23.4 Å². The lowest BCUT2D eigenvalue weighted by Crippen LogP contribution is -2.60. The lowest BCUT2D eigenvalue weighted by molar-refractivity contribution is 0.0808. The van der Waals surface area contributed by atoms with Crippen molar-refractivity contribution in [3.05, 3.63) is 29.3 Å². The number of aliphatic hydroxyl groups is 1. The lowest BCUT2D eigenvalue weighted by atomic mass is 9.98. The predicted molar refractivity (Wildman–Crippen MR) is 76.0 cm³/mol. The van der Waals surface area contributed by atoms with E-state index in [2.05, 4.69) is 4.90 Å². The van der Waals surface area contributed by atoms with Gasteiger partial charge in [-0.05, 0) is 26.0 Å². The second kappa shape index (κ2) is 5.96. The average Bonchev–Trinajstić information content (AvgIpc) is 2.40. The highest BCUT2D eigenvalue weighted by molar-refractivity contribution is 5.53. The number of halogens is 2. The van der Waals surface area contributed by atoms with E-state index < -0.39 is 11.6 Å². The quantitative estimate of drug-likeness (QED) is 0.922. The zero-order chi connectivity index (χ0) is 15.6. The molecule has 1 fully saturated rings. The molecule has 0 bridgehead atoms. The number of piperazine rings is 1. The highest BCUT2D eigenvalue weighted by Crippen LogP contribution is 2.30. The molecule has 21 heavy (non-hydrogen) atoms. The first kappa shape index (κ1) is 15.7. The molecule has 0 unspecified atom stereocenters. The minimum absolute atomic E-state index is 0.0214. The fourth-order valence-electron chi connectivity index (χ4n) is 2.85. The van der Waals surface area contributed by atoms with Crippen molar-refractivity contribution in [2.24, 2.45) is 0 Å². The smallest absolute Gasteiger partial charge is 0.150 e. The average molecular weight is 295 g/mol. The molecule has 1 heterocycles. The van der Waals surface area contributed by atoms with Crippen LogP contribution >= 0.6 is 0 Å². The van der Waals surface area contributed by atoms with Gasteiger partial charge < -0.3 is 10.0 Å². The maximum atomic E-state index is 14.1. The highest BCUT2D eigenvalue weighted by Gasteiger charge is 2.35. The van der Waals surface area contributed by atoms with Crippen LogP contribution in [0.3, 0.4) is 0 Å². The minimum Gasteiger partial charge on any atom is -0.395 e. The van der Waals surface area contributed by atoms with Crippen LogP contribution in [-0.4, -0.2) is 48.3 Å². The Hall–Kier alpha value is -1.71. The van der Waals surface area contributed by atoms with Gasteiger partial charge in [0, 0.05) is 31.7 Å². The third kappa shape index (κ3) is 3.14. The van der Waals surface area contributed by atoms with E-state index in [0.717, 1.165) is 12.1 Å². The van der Waals surface area contributed by atoms with E-state index in [4.69, 9.17) is 10.4 Å². The van der Waals surface area contributed by atoms with Crippen LogP contribution < -0.4 is 4.90 Å². The van der Waals surface area contributed by atoms with Crippen LogP contribution in [0.15, 0.2) is 12.1 Å². The Labute approximate surface area is 123 Å². The van der Waals surface area contributed by atoms with Gasteiger partial charge in [-0.3, -0.25) is 4.90 Å². The molecule has 0 radical (unpaired) electrons. The normalized spacial score (nSPS) is 18.6. The van der Waals surface area contributed by atoms with Gasteiger partial charge in [-0.15, -0.1) is 0 Å². The van der Waals surface area contributed by atoms with Crippen LogP contribution in [0.2, 0.25) is 0 Å². The van der Waals surface area contributed by atoms with E-state index in [1.807, 2.05) is 13.8 Å². The first-order chi connectivity index (χ1) is 9.89. The first-order valence-corrected chi connectivity index (χ1v) is 6.89. The first-order valence-electron chi connectivity index (χ1n) is 6.89. The monoisotopic (exact) mass is 295 g/mol. The van der Waals surface area contributed by atoms with Crippen molar-refractivity contribution in [2.45, 2.75) is 19.4 Å². The zero-order valence-electron chi connectivity index (χ0n) is 12.2. The molecule has 0 spiro atoms. The maximum absolute atomic E-state index is 14.1. The van der Waals surface area contributed by atoms with Gasteiger partial charge in [-0.25, -0.2) is 8.78 Å². The molecule has 2 rings (SSSR count). The summed E-state index contributed by atoms with van der Waals surface area (Å²) in [6.07, 6.45) is 0. The summed E-state index contributed by atoms with van der Waals surface area (Å²) in [5, 5.41) is 17.8. The fraction of sp³-hybridized carbons (Fsp3) is 0.533. The number of benzene rings is 1. The molecule has 0 amide bonds. The molecule has 1 aliphatic heterocycles. The van der Waals surface area contributed by atoms with Crippen molar-refractivity contribution in [1.29, 1.82) is 5.26 Å². The number of rotatable bonds is 3. The van der Waals surface area contributed by atoms with Gasteiger partial charge in [0.2, 0.25) is 0 Å². The molecule has 1 N–H and O–H groups in total. The molecule has 1 aromatic rings. The Kier molecular flexibility index (Phi) is 4.45. The van der Waals surface area contributed by atoms with Crippen molar-refractivity contribution in [3.8, 4) is 6.07 Å². The predicted octanol–water partition coefficient (Wildman–Crippen LogP) is 1.73. The van der Waals surface area contributed by atoms with Crippen LogP contribution in [-0.2, 0) is 0 Å². The zero-order valence-corrected chi connectivity index (χ0v) is 12.2. The topological polar surface area (TPSA) is 50.5 Å². The molecule has 0 atom stereocenters. The van der Waals surface area contributed by atoms with Gasteiger partial charge in [0.05, 0.1) is 18.2 Å². The van der Waals surface area contributed by atoms with Gasteiger partial charge >= 0.3 is 0 Å². The number of nitriles is 1. The van der Waals surface area contributed by atoms with Crippen LogP contribution in [0, 0.1) is 23.0 Å². The van der Waals surface area contributed by atoms with Gasteiger partial charge in [0.25, 0.3) is 0 Å². The van der Waals surface area contributed by atoms with Crippen LogP contribution in [0.1, 0.15) is 19.4 Å². The molecule has 1 saturated heterocycles. The molecule has 114 valence electrons. The molecule has 1 aliphatic rings. The molecule has 0 saturated carbocycles. The molecule has 0 aromatic heterocycles. The third-order valence-electron chi connectivity index (χ3n) is 3.91. The van der Waals surface area contributed by atoms with Gasteiger partial charge in [0.1, 0.15) is 5.69 Å². The summed E-state index contributed by atoms with van der Waals surface area (Å²) in [5.74, 6) is -1.42. The van der Waals surface area contributed by atoms with E-state index in [1.165, 1.54) is 0 Å². The summed E-state index contributed by atoms with van der Waals surface area (Å²) in [4.78, 5) is 3.77. The number of hydrogen-bond acceptors (Lipinski definition) is 4. The van der Waals surface area contributed by atoms with Crippen molar-refractivity contribution in [2.75, 3.05) is 37.7 Å². The Balaban J connectivity index is 2.27. The van der Waals surface area contributed by atoms with Gasteiger partial charge in [-0.2, -0.15) is 5.26 Å². The maximum Gasteiger partial charge on any atom is 0.150 e. The number of nitrogens with zero attached hydrogens (tertiary/aromatic N) is 3. The molecule has 0 aliphatic carbocycles. The molecule has 1 aromatic carbocycles. The molecule has 6 heteroatoms. The SMILES string of the molecule is CC1(C)CN(c2c(F)cc(C#N)cc2F)CCN1CCO. The lowest BCUT2D eigenvalue weighted by Gasteiger charge is -2.47. The Morgan fingerprint density at radius 3 is 2.38 bits per heavy atom. The number of β-amino-alcohol motifs (C(OH)–C–C–N with tert-alkyl or cyclic N) is 1. The summed E-state index contributed by atoms with van der Waals surface area (Å²) < 4.78 is 28.2. The van der Waals surface area contributed by atoms with E-state index in [0.29, 0.717) is 26.2 Å². The van der Waals surface area contributed by atoms with E-state index in [1.54, 1.807) is 11.0 Å². The van der Waals surface area contributed by atoms with E-state index >= 15 is 0 Å². The summed E-state index contributed by atoms with van der Waals surface area (Å²) in [6.45, 7) is 6.10. The van der Waals surface area contributed by atoms with Crippen LogP contribution in [0.5, 0.6) is 0 Å². The number of aliphatic hydroxyl groups excluding tert-OH is 1. The minimum atomic E-state index is -0.710. The second-order valence-corrected chi connectivity index (χ2v) is 5.84. The van der Waals surface area contributed by atoms with Gasteiger partial charge in [0.15, 0.2) is 11.6 Å². The van der Waals surface area contributed by atoms with Crippen molar-refractivity contribution < 1.29 is 13.9 Å². The summed E-state index contributed by atoms with van der Waals surface area (Å²) in [5.41, 5.74) is -0.397. The molecular weight excluding hydrogens is 276 g/mol. The number of anilines is 1. The number of hydrogen-bond donors (Lipinski definition) is 1. The highest BCUT2D eigenvalue weighted by atomic mass is 19.1. The Morgan fingerprint density at radius 2 is 1.90 bits per heavy atom. The Morgan fingerprint density at radius 1 is 1.29 bits per heavy atom. The standard InChI is InChI=1S/C15H19F2N3O/c1-15(2)10-19(3-4-20(15)5-6-21)14-12(16)7-11(9-18)8-13(14)17/h7-8,21H,3-6,10H2,1-2H3. The summed E-state index contributed by atoms with van der Waals surface area (Å²) in [7, 11) is 0. The summed E-state index contributed by atoms with van der Waals surface area (Å²) >= 11 is 0. The van der Waals surface area contributed by atoms with Crippen molar-refractivity contribution in [3.63, 3.8) is 0 Å². The van der Waals surface area contributed by atoms with Crippen molar-refractivity contribution in [1.82, 2.24) is 4.90 Å². The summed E-state index contributed by atoms with van der Waals surface area (Å²) in [6, 6.07) is 3.87. The van der Waals surface area contributed by atoms with Crippen LogP contribution in [0.4, 0.5) is 14.5 Å². The molecular formula is C15H19F2N3O. The third-order valence-corrected chi connectivity index (χ3v) is 3.91.